The number of hydrogen-bond donors (Lipinski definition) is 1. The number of methoxy groups -OCH3 is 1. The predicted octanol–water partition coefficient (Wildman–Crippen LogP) is 1.58. The number of amides is 1. The number of rotatable bonds is 6. The highest BCUT2D eigenvalue weighted by molar-refractivity contribution is 7.13. The molecule has 2 rings (SSSR count). The Kier molecular flexibility index (Phi) is 4.99. The van der Waals surface area contributed by atoms with E-state index in [1.54, 1.807) is 6.92 Å². The van der Waals surface area contributed by atoms with Crippen LogP contribution in [0.4, 0.5) is 5.13 Å². The topological polar surface area (TPSA) is 107 Å². The second-order valence-electron chi connectivity index (χ2n) is 4.16. The zero-order valence-corrected chi connectivity index (χ0v) is 12.4. The van der Waals surface area contributed by atoms with E-state index >= 15 is 0 Å². The fraction of sp³-hybridized carbons (Fsp3) is 0.417. The molecule has 2 aromatic heterocycles. The lowest BCUT2D eigenvalue weighted by Gasteiger charge is -1.98. The zero-order valence-electron chi connectivity index (χ0n) is 11.6. The van der Waals surface area contributed by atoms with Gasteiger partial charge in [-0.25, -0.2) is 4.98 Å². The maximum absolute atomic E-state index is 11.8. The lowest BCUT2D eigenvalue weighted by Crippen LogP contribution is -2.13. The van der Waals surface area contributed by atoms with Gasteiger partial charge in [-0.15, -0.1) is 11.3 Å². The van der Waals surface area contributed by atoms with E-state index in [0.29, 0.717) is 30.3 Å². The summed E-state index contributed by atoms with van der Waals surface area (Å²) in [5.41, 5.74) is 0.809. The Hall–Kier alpha value is -2.29. The van der Waals surface area contributed by atoms with Crippen molar-refractivity contribution in [2.24, 2.45) is 0 Å². The van der Waals surface area contributed by atoms with E-state index < -0.39 is 5.91 Å². The van der Waals surface area contributed by atoms with Crippen LogP contribution in [0.3, 0.4) is 0 Å². The minimum absolute atomic E-state index is 0.0325. The third-order valence-corrected chi connectivity index (χ3v) is 3.35. The van der Waals surface area contributed by atoms with E-state index in [-0.39, 0.29) is 11.8 Å². The summed E-state index contributed by atoms with van der Waals surface area (Å²) < 4.78 is 9.29. The Morgan fingerprint density at radius 2 is 2.24 bits per heavy atom. The summed E-state index contributed by atoms with van der Waals surface area (Å²) in [6.07, 6.45) is 1.63. The minimum Gasteiger partial charge on any atom is -0.469 e. The van der Waals surface area contributed by atoms with E-state index in [0.717, 1.165) is 5.69 Å². The fourth-order valence-electron chi connectivity index (χ4n) is 1.54. The molecule has 0 bridgehead atoms. The molecule has 8 nitrogen and oxygen atoms in total. The van der Waals surface area contributed by atoms with Crippen LogP contribution in [0.2, 0.25) is 0 Å². The molecule has 1 amide bonds. The molecule has 0 aliphatic rings. The number of nitrogens with one attached hydrogen (secondary N) is 1. The summed E-state index contributed by atoms with van der Waals surface area (Å²) in [4.78, 5) is 30.9. The highest BCUT2D eigenvalue weighted by Crippen LogP contribution is 2.17. The first kappa shape index (κ1) is 15.1. The molecule has 2 heterocycles. The molecule has 0 unspecified atom stereocenters. The maximum atomic E-state index is 11.8. The van der Waals surface area contributed by atoms with Gasteiger partial charge in [0.2, 0.25) is 5.89 Å². The Morgan fingerprint density at radius 3 is 2.90 bits per heavy atom. The number of carbonyl (C=O) groups excluding carboxylic acids is 2. The average molecular weight is 310 g/mol. The SMILES string of the molecule is COC(=O)CCCc1csc(NC(=O)c2noc(C)n2)n1. The zero-order chi connectivity index (χ0) is 15.2. The molecule has 0 saturated carbocycles. The summed E-state index contributed by atoms with van der Waals surface area (Å²) in [7, 11) is 1.36. The summed E-state index contributed by atoms with van der Waals surface area (Å²) >= 11 is 1.30. The molecule has 0 radical (unpaired) electrons. The number of aromatic nitrogens is 3. The molecule has 0 aromatic carbocycles. The Labute approximate surface area is 124 Å². The molecule has 21 heavy (non-hydrogen) atoms. The first-order valence-corrected chi connectivity index (χ1v) is 7.09. The van der Waals surface area contributed by atoms with Gasteiger partial charge in [0.15, 0.2) is 5.13 Å². The van der Waals surface area contributed by atoms with Crippen molar-refractivity contribution in [3.63, 3.8) is 0 Å². The Morgan fingerprint density at radius 1 is 1.43 bits per heavy atom. The lowest BCUT2D eigenvalue weighted by atomic mass is 10.2. The molecule has 1 N–H and O–H groups in total. The van der Waals surface area contributed by atoms with Crippen molar-refractivity contribution in [1.29, 1.82) is 0 Å². The molecule has 2 aromatic rings. The van der Waals surface area contributed by atoms with E-state index in [2.05, 4.69) is 25.2 Å². The van der Waals surface area contributed by atoms with Crippen LogP contribution in [0.15, 0.2) is 9.90 Å². The van der Waals surface area contributed by atoms with Crippen molar-refractivity contribution in [2.75, 3.05) is 12.4 Å². The number of ether oxygens (including phenoxy) is 1. The number of esters is 1. The number of nitrogens with zero attached hydrogens (tertiary/aromatic N) is 3. The van der Waals surface area contributed by atoms with Crippen LogP contribution in [0.1, 0.15) is 35.0 Å². The predicted molar refractivity (Wildman–Crippen MR) is 74.1 cm³/mol. The molecular formula is C12H14N4O4S. The summed E-state index contributed by atoms with van der Waals surface area (Å²) in [5, 5.41) is 8.40. The van der Waals surface area contributed by atoms with Crippen molar-refractivity contribution in [3.8, 4) is 0 Å². The molecule has 0 saturated heterocycles. The van der Waals surface area contributed by atoms with Crippen LogP contribution in [0.25, 0.3) is 0 Å². The van der Waals surface area contributed by atoms with Crippen LogP contribution in [0.5, 0.6) is 0 Å². The highest BCUT2D eigenvalue weighted by atomic mass is 32.1. The molecule has 112 valence electrons. The smallest absolute Gasteiger partial charge is 0.305 e. The van der Waals surface area contributed by atoms with Crippen LogP contribution < -0.4 is 5.32 Å². The van der Waals surface area contributed by atoms with E-state index in [1.165, 1.54) is 18.4 Å². The van der Waals surface area contributed by atoms with E-state index in [1.807, 2.05) is 5.38 Å². The standard InChI is InChI=1S/C12H14N4O4S/c1-7-13-10(16-20-7)11(18)15-12-14-8(6-21-12)4-3-5-9(17)19-2/h6H,3-5H2,1-2H3,(H,14,15,18). The second-order valence-corrected chi connectivity index (χ2v) is 5.02. The number of thiazole rings is 1. The number of anilines is 1. The Balaban J connectivity index is 1.85. The second kappa shape index (κ2) is 6.93. The molecule has 0 aliphatic carbocycles. The van der Waals surface area contributed by atoms with Gasteiger partial charge in [-0.2, -0.15) is 4.98 Å². The normalized spacial score (nSPS) is 10.4. The van der Waals surface area contributed by atoms with Gasteiger partial charge in [0.25, 0.3) is 11.7 Å². The van der Waals surface area contributed by atoms with Crippen molar-refractivity contribution in [1.82, 2.24) is 15.1 Å². The lowest BCUT2D eigenvalue weighted by molar-refractivity contribution is -0.140. The van der Waals surface area contributed by atoms with Gasteiger partial charge >= 0.3 is 5.97 Å². The van der Waals surface area contributed by atoms with Gasteiger partial charge in [0.1, 0.15) is 0 Å². The van der Waals surface area contributed by atoms with Crippen molar-refractivity contribution >= 4 is 28.3 Å². The van der Waals surface area contributed by atoms with E-state index in [9.17, 15) is 9.59 Å². The quantitative estimate of drug-likeness (QED) is 0.807. The van der Waals surface area contributed by atoms with Gasteiger partial charge in [0.05, 0.1) is 12.8 Å². The maximum Gasteiger partial charge on any atom is 0.305 e. The number of carbonyl (C=O) groups is 2. The van der Waals surface area contributed by atoms with E-state index in [4.69, 9.17) is 4.52 Å². The van der Waals surface area contributed by atoms with Crippen molar-refractivity contribution in [2.45, 2.75) is 26.2 Å². The largest absolute Gasteiger partial charge is 0.469 e. The van der Waals surface area contributed by atoms with Gasteiger partial charge < -0.3 is 9.26 Å². The summed E-state index contributed by atoms with van der Waals surface area (Å²) in [5.74, 6) is -0.425. The molecule has 0 fully saturated rings. The fourth-order valence-corrected chi connectivity index (χ4v) is 2.28. The monoisotopic (exact) mass is 310 g/mol. The summed E-state index contributed by atoms with van der Waals surface area (Å²) in [6.45, 7) is 1.60. The van der Waals surface area contributed by atoms with Crippen LogP contribution >= 0.6 is 11.3 Å². The van der Waals surface area contributed by atoms with Gasteiger partial charge in [-0.3, -0.25) is 14.9 Å². The molecule has 0 spiro atoms. The third kappa shape index (κ3) is 4.35. The van der Waals surface area contributed by atoms with Gasteiger partial charge in [0, 0.05) is 18.7 Å². The summed E-state index contributed by atoms with van der Waals surface area (Å²) in [6, 6.07) is 0. The van der Waals surface area contributed by atoms with Crippen LogP contribution in [-0.2, 0) is 16.0 Å². The molecule has 0 atom stereocenters. The average Bonchev–Trinajstić information content (AvgIpc) is 3.08. The van der Waals surface area contributed by atoms with Crippen molar-refractivity contribution < 1.29 is 18.8 Å². The van der Waals surface area contributed by atoms with Crippen LogP contribution in [-0.4, -0.2) is 34.1 Å². The highest BCUT2D eigenvalue weighted by Gasteiger charge is 2.14. The number of hydrogen-bond acceptors (Lipinski definition) is 8. The first-order valence-electron chi connectivity index (χ1n) is 6.21. The molecular weight excluding hydrogens is 296 g/mol. The number of aryl methyl sites for hydroxylation is 2. The minimum atomic E-state index is -0.470. The molecule has 9 heteroatoms. The first-order chi connectivity index (χ1) is 10.1. The van der Waals surface area contributed by atoms with Crippen LogP contribution in [0, 0.1) is 6.92 Å². The van der Waals surface area contributed by atoms with Gasteiger partial charge in [-0.05, 0) is 12.8 Å². The van der Waals surface area contributed by atoms with Crippen molar-refractivity contribution in [3.05, 3.63) is 22.8 Å². The van der Waals surface area contributed by atoms with Gasteiger partial charge in [-0.1, -0.05) is 5.16 Å². The third-order valence-electron chi connectivity index (χ3n) is 2.54. The Bertz CT molecular complexity index is 637. The molecule has 0 aliphatic heterocycles.